The molecule has 3 aromatic carbocycles. The van der Waals surface area contributed by atoms with Crippen LogP contribution in [0.4, 0.5) is 11.4 Å². The summed E-state index contributed by atoms with van der Waals surface area (Å²) in [7, 11) is -2.42. The van der Waals surface area contributed by atoms with Gasteiger partial charge in [-0.05, 0) is 73.5 Å². The number of sulfonamides is 1. The number of rotatable bonds is 7. The van der Waals surface area contributed by atoms with Crippen molar-refractivity contribution >= 4 is 33.2 Å². The highest BCUT2D eigenvalue weighted by atomic mass is 32.2. The molecule has 0 saturated heterocycles. The molecule has 3 N–H and O–H groups in total. The lowest BCUT2D eigenvalue weighted by Gasteiger charge is -2.21. The molecule has 0 saturated carbocycles. The average Bonchev–Trinajstić information content (AvgIpc) is 2.83. The van der Waals surface area contributed by atoms with Gasteiger partial charge in [0.25, 0.3) is 21.8 Å². The summed E-state index contributed by atoms with van der Waals surface area (Å²) in [6.45, 7) is 3.42. The van der Waals surface area contributed by atoms with Crippen molar-refractivity contribution < 1.29 is 27.5 Å². The SMILES string of the molecule is COc1ccc(NS(=O)(=O)c2cc(C(=O)NC(C)c3ccc4c(c3)NC(=O)CO4)ccc2C)cc1. The van der Waals surface area contributed by atoms with E-state index in [9.17, 15) is 18.0 Å². The number of carbonyl (C=O) groups excluding carboxylic acids is 2. The quantitative estimate of drug-likeness (QED) is 0.460. The maximum atomic E-state index is 13.0. The summed E-state index contributed by atoms with van der Waals surface area (Å²) >= 11 is 0. The standard InChI is InChI=1S/C25H25N3O6S/c1-15-4-5-18(13-23(15)35(31,32)28-19-7-9-20(33-3)10-8-19)25(30)26-16(2)17-6-11-22-21(12-17)27-24(29)14-34-22/h4-13,16,28H,14H2,1-3H3,(H,26,30)(H,27,29). The number of amides is 2. The van der Waals surface area contributed by atoms with Crippen LogP contribution >= 0.6 is 0 Å². The van der Waals surface area contributed by atoms with Crippen LogP contribution in [0.25, 0.3) is 0 Å². The van der Waals surface area contributed by atoms with Gasteiger partial charge in [-0.1, -0.05) is 12.1 Å². The highest BCUT2D eigenvalue weighted by molar-refractivity contribution is 7.92. The first kappa shape index (κ1) is 24.1. The van der Waals surface area contributed by atoms with Crippen molar-refractivity contribution in [1.82, 2.24) is 5.32 Å². The third-order valence-electron chi connectivity index (χ3n) is 5.57. The molecule has 1 unspecified atom stereocenters. The van der Waals surface area contributed by atoms with E-state index in [1.807, 2.05) is 0 Å². The van der Waals surface area contributed by atoms with Crippen LogP contribution in [0.3, 0.4) is 0 Å². The molecule has 1 aliphatic heterocycles. The normalized spacial score (nSPS) is 13.6. The number of nitrogens with one attached hydrogen (secondary N) is 3. The number of hydrogen-bond acceptors (Lipinski definition) is 6. The van der Waals surface area contributed by atoms with Gasteiger partial charge in [-0.15, -0.1) is 0 Å². The van der Waals surface area contributed by atoms with E-state index in [-0.39, 0.29) is 23.0 Å². The zero-order valence-electron chi connectivity index (χ0n) is 19.4. The molecule has 0 aromatic heterocycles. The van der Waals surface area contributed by atoms with Crippen molar-refractivity contribution in [3.63, 3.8) is 0 Å². The van der Waals surface area contributed by atoms with Crippen molar-refractivity contribution in [1.29, 1.82) is 0 Å². The van der Waals surface area contributed by atoms with Crippen LogP contribution in [0.1, 0.15) is 34.5 Å². The molecular formula is C25H25N3O6S. The number of aryl methyl sites for hydroxylation is 1. The van der Waals surface area contributed by atoms with Crippen molar-refractivity contribution in [2.45, 2.75) is 24.8 Å². The van der Waals surface area contributed by atoms with Crippen LogP contribution in [0.5, 0.6) is 11.5 Å². The zero-order chi connectivity index (χ0) is 25.2. The Hall–Kier alpha value is -4.05. The van der Waals surface area contributed by atoms with Gasteiger partial charge < -0.3 is 20.1 Å². The van der Waals surface area contributed by atoms with E-state index < -0.39 is 22.0 Å². The Labute approximate surface area is 203 Å². The molecule has 4 rings (SSSR count). The fourth-order valence-electron chi connectivity index (χ4n) is 3.63. The van der Waals surface area contributed by atoms with Crippen molar-refractivity contribution in [3.8, 4) is 11.5 Å². The summed E-state index contributed by atoms with van der Waals surface area (Å²) < 4.78 is 39.1. The molecule has 9 nitrogen and oxygen atoms in total. The van der Waals surface area contributed by atoms with Crippen LogP contribution in [0, 0.1) is 6.92 Å². The molecule has 0 radical (unpaired) electrons. The number of carbonyl (C=O) groups is 2. The van der Waals surface area contributed by atoms with Gasteiger partial charge in [0.2, 0.25) is 0 Å². The van der Waals surface area contributed by atoms with Gasteiger partial charge in [-0.2, -0.15) is 0 Å². The van der Waals surface area contributed by atoms with E-state index in [1.54, 1.807) is 68.4 Å². The number of anilines is 2. The molecule has 10 heteroatoms. The predicted molar refractivity (Wildman–Crippen MR) is 131 cm³/mol. The van der Waals surface area contributed by atoms with Gasteiger partial charge in [-0.25, -0.2) is 8.42 Å². The third-order valence-corrected chi connectivity index (χ3v) is 7.09. The lowest BCUT2D eigenvalue weighted by molar-refractivity contribution is -0.118. The van der Waals surface area contributed by atoms with Crippen molar-refractivity contribution in [3.05, 3.63) is 77.4 Å². The van der Waals surface area contributed by atoms with Gasteiger partial charge in [-0.3, -0.25) is 14.3 Å². The fourth-order valence-corrected chi connectivity index (χ4v) is 4.96. The Kier molecular flexibility index (Phi) is 6.65. The summed E-state index contributed by atoms with van der Waals surface area (Å²) in [6, 6.07) is 15.8. The molecule has 2 amide bonds. The van der Waals surface area contributed by atoms with Crippen LogP contribution in [-0.2, 0) is 14.8 Å². The van der Waals surface area contributed by atoms with E-state index in [2.05, 4.69) is 15.4 Å². The largest absolute Gasteiger partial charge is 0.497 e. The maximum Gasteiger partial charge on any atom is 0.262 e. The first-order chi connectivity index (χ1) is 16.7. The number of benzene rings is 3. The van der Waals surface area contributed by atoms with Gasteiger partial charge in [0, 0.05) is 11.3 Å². The lowest BCUT2D eigenvalue weighted by Crippen LogP contribution is -2.28. The minimum absolute atomic E-state index is 0.00210. The lowest BCUT2D eigenvalue weighted by atomic mass is 10.1. The summed E-state index contributed by atoms with van der Waals surface area (Å²) in [5, 5.41) is 5.61. The van der Waals surface area contributed by atoms with Gasteiger partial charge >= 0.3 is 0 Å². The smallest absolute Gasteiger partial charge is 0.262 e. The van der Waals surface area contributed by atoms with E-state index in [0.717, 1.165) is 5.56 Å². The van der Waals surface area contributed by atoms with Crippen LogP contribution in [0.15, 0.2) is 65.6 Å². The Morgan fingerprint density at radius 1 is 1.09 bits per heavy atom. The van der Waals surface area contributed by atoms with E-state index in [0.29, 0.717) is 28.4 Å². The monoisotopic (exact) mass is 495 g/mol. The highest BCUT2D eigenvalue weighted by Gasteiger charge is 2.22. The topological polar surface area (TPSA) is 123 Å². The second-order valence-electron chi connectivity index (χ2n) is 8.10. The number of fused-ring (bicyclic) bond motifs is 1. The second-order valence-corrected chi connectivity index (χ2v) is 9.75. The van der Waals surface area contributed by atoms with Gasteiger partial charge in [0.1, 0.15) is 11.5 Å². The van der Waals surface area contributed by atoms with E-state index >= 15 is 0 Å². The molecule has 35 heavy (non-hydrogen) atoms. The average molecular weight is 496 g/mol. The Balaban J connectivity index is 1.52. The Bertz CT molecular complexity index is 1390. The third kappa shape index (κ3) is 5.38. The molecule has 182 valence electrons. The molecule has 3 aromatic rings. The molecule has 1 atom stereocenters. The summed E-state index contributed by atoms with van der Waals surface area (Å²) in [5.41, 5.74) is 2.36. The fraction of sp³-hybridized carbons (Fsp3) is 0.200. The minimum atomic E-state index is -3.94. The summed E-state index contributed by atoms with van der Waals surface area (Å²) in [6.07, 6.45) is 0. The molecule has 1 heterocycles. The van der Waals surface area contributed by atoms with Gasteiger partial charge in [0.05, 0.1) is 23.7 Å². The Morgan fingerprint density at radius 3 is 2.54 bits per heavy atom. The Morgan fingerprint density at radius 2 is 1.83 bits per heavy atom. The zero-order valence-corrected chi connectivity index (χ0v) is 20.2. The highest BCUT2D eigenvalue weighted by Crippen LogP contribution is 2.31. The minimum Gasteiger partial charge on any atom is -0.497 e. The van der Waals surface area contributed by atoms with E-state index in [1.165, 1.54) is 13.2 Å². The maximum absolute atomic E-state index is 13.0. The summed E-state index contributed by atoms with van der Waals surface area (Å²) in [5.74, 6) is 0.481. The molecule has 0 fully saturated rings. The molecule has 1 aliphatic rings. The van der Waals surface area contributed by atoms with Crippen molar-refractivity contribution in [2.24, 2.45) is 0 Å². The summed E-state index contributed by atoms with van der Waals surface area (Å²) in [4.78, 5) is 24.5. The van der Waals surface area contributed by atoms with Gasteiger partial charge in [0.15, 0.2) is 6.61 Å². The number of methoxy groups -OCH3 is 1. The van der Waals surface area contributed by atoms with Crippen LogP contribution in [0.2, 0.25) is 0 Å². The molecule has 0 aliphatic carbocycles. The van der Waals surface area contributed by atoms with E-state index in [4.69, 9.17) is 9.47 Å². The first-order valence-electron chi connectivity index (χ1n) is 10.8. The molecule has 0 spiro atoms. The molecular weight excluding hydrogens is 470 g/mol. The second kappa shape index (κ2) is 9.67. The molecule has 0 bridgehead atoms. The predicted octanol–water partition coefficient (Wildman–Crippen LogP) is 3.63. The number of ether oxygens (including phenoxy) is 2. The van der Waals surface area contributed by atoms with Crippen LogP contribution < -0.4 is 24.8 Å². The number of hydrogen-bond donors (Lipinski definition) is 3. The van der Waals surface area contributed by atoms with Crippen molar-refractivity contribution in [2.75, 3.05) is 23.8 Å². The first-order valence-corrected chi connectivity index (χ1v) is 12.3. The van der Waals surface area contributed by atoms with Crippen LogP contribution in [-0.4, -0.2) is 33.9 Å².